The number of carbonyl (C=O) groups is 1. The van der Waals surface area contributed by atoms with Crippen molar-refractivity contribution in [1.82, 2.24) is 9.80 Å². The number of piperidine rings is 1. The Labute approximate surface area is 197 Å². The van der Waals surface area contributed by atoms with Crippen LogP contribution in [-0.4, -0.2) is 73.5 Å². The number of hydrogen-bond donors (Lipinski definition) is 0. The minimum Gasteiger partial charge on any atom is -0.444 e. The van der Waals surface area contributed by atoms with Crippen molar-refractivity contribution in [2.24, 2.45) is 11.8 Å². The molecule has 0 bridgehead atoms. The molecule has 1 aromatic rings. The van der Waals surface area contributed by atoms with E-state index in [1.807, 2.05) is 31.7 Å². The fourth-order valence-electron chi connectivity index (χ4n) is 5.34. The number of fused-ring (bicyclic) bond motifs is 1. The van der Waals surface area contributed by atoms with E-state index >= 15 is 0 Å². The first-order chi connectivity index (χ1) is 15.1. The van der Waals surface area contributed by atoms with E-state index in [0.717, 1.165) is 62.9 Å². The van der Waals surface area contributed by atoms with Crippen LogP contribution in [0.2, 0.25) is 5.02 Å². The summed E-state index contributed by atoms with van der Waals surface area (Å²) >= 11 is 6.59. The standard InChI is InChI=1S/C25H38ClN3O3/c1-17-10-21(8-9-29(17)24(30)32-25(2,3)4)27(5)12-18-6-7-22(26)23(11-18)28-13-19-15-31-16-20(19)14-28/h6-7,11,17,19-21H,8-10,12-16H2,1-5H3/t17-,19?,20?,21-/m1/s1. The molecule has 0 radical (unpaired) electrons. The number of hydrogen-bond acceptors (Lipinski definition) is 5. The van der Waals surface area contributed by atoms with Crippen LogP contribution >= 0.6 is 11.6 Å². The van der Waals surface area contributed by atoms with E-state index in [2.05, 4.69) is 35.9 Å². The molecule has 7 heteroatoms. The lowest BCUT2D eigenvalue weighted by atomic mass is 9.97. The van der Waals surface area contributed by atoms with Crippen molar-refractivity contribution < 1.29 is 14.3 Å². The highest BCUT2D eigenvalue weighted by Gasteiger charge is 2.38. The maximum Gasteiger partial charge on any atom is 0.410 e. The van der Waals surface area contributed by atoms with Gasteiger partial charge in [-0.05, 0) is 65.3 Å². The normalized spacial score (nSPS) is 28.3. The predicted molar refractivity (Wildman–Crippen MR) is 128 cm³/mol. The third-order valence-corrected chi connectivity index (χ3v) is 7.44. The van der Waals surface area contributed by atoms with Crippen LogP contribution in [0.15, 0.2) is 18.2 Å². The summed E-state index contributed by atoms with van der Waals surface area (Å²) in [5.41, 5.74) is 1.97. The second kappa shape index (κ2) is 9.40. The van der Waals surface area contributed by atoms with Gasteiger partial charge in [-0.25, -0.2) is 4.79 Å². The quantitative estimate of drug-likeness (QED) is 0.650. The fraction of sp³-hybridized carbons (Fsp3) is 0.720. The van der Waals surface area contributed by atoms with Crippen LogP contribution in [0, 0.1) is 11.8 Å². The topological polar surface area (TPSA) is 45.2 Å². The number of amides is 1. The number of carbonyl (C=O) groups excluding carboxylic acids is 1. The summed E-state index contributed by atoms with van der Waals surface area (Å²) in [6.07, 6.45) is 1.70. The zero-order valence-electron chi connectivity index (χ0n) is 20.1. The zero-order valence-corrected chi connectivity index (χ0v) is 20.9. The number of likely N-dealkylation sites (tertiary alicyclic amines) is 1. The average molecular weight is 464 g/mol. The lowest BCUT2D eigenvalue weighted by Gasteiger charge is -2.41. The Kier molecular flexibility index (Phi) is 6.94. The van der Waals surface area contributed by atoms with E-state index in [1.54, 1.807) is 0 Å². The molecule has 32 heavy (non-hydrogen) atoms. The molecule has 1 aromatic carbocycles. The van der Waals surface area contributed by atoms with Crippen LogP contribution in [0.4, 0.5) is 10.5 Å². The first-order valence-electron chi connectivity index (χ1n) is 11.9. The summed E-state index contributed by atoms with van der Waals surface area (Å²) in [5, 5.41) is 0.830. The van der Waals surface area contributed by atoms with Gasteiger partial charge in [0.2, 0.25) is 0 Å². The minimum atomic E-state index is -0.461. The molecule has 3 saturated heterocycles. The summed E-state index contributed by atoms with van der Waals surface area (Å²) in [5.74, 6) is 1.27. The Morgan fingerprint density at radius 2 is 1.94 bits per heavy atom. The molecule has 4 rings (SSSR count). The molecule has 0 N–H and O–H groups in total. The van der Waals surface area contributed by atoms with Gasteiger partial charge >= 0.3 is 6.09 Å². The van der Waals surface area contributed by atoms with Crippen LogP contribution in [0.3, 0.4) is 0 Å². The van der Waals surface area contributed by atoms with Gasteiger partial charge in [0.05, 0.1) is 23.9 Å². The first-order valence-corrected chi connectivity index (χ1v) is 12.3. The molecule has 3 fully saturated rings. The van der Waals surface area contributed by atoms with Crippen LogP contribution in [0.1, 0.15) is 46.1 Å². The molecular formula is C25H38ClN3O3. The number of rotatable bonds is 4. The highest BCUT2D eigenvalue weighted by molar-refractivity contribution is 6.33. The van der Waals surface area contributed by atoms with Crippen molar-refractivity contribution >= 4 is 23.4 Å². The molecule has 3 heterocycles. The molecule has 1 amide bonds. The second-order valence-electron chi connectivity index (χ2n) is 10.9. The van der Waals surface area contributed by atoms with Crippen molar-refractivity contribution in [1.29, 1.82) is 0 Å². The number of halogens is 1. The van der Waals surface area contributed by atoms with Crippen LogP contribution in [-0.2, 0) is 16.0 Å². The van der Waals surface area contributed by atoms with E-state index in [1.165, 1.54) is 5.56 Å². The third-order valence-electron chi connectivity index (χ3n) is 7.12. The summed E-state index contributed by atoms with van der Waals surface area (Å²) < 4.78 is 11.2. The van der Waals surface area contributed by atoms with Gasteiger partial charge in [0.1, 0.15) is 5.60 Å². The molecule has 0 aromatic heterocycles. The Bertz CT molecular complexity index is 815. The third kappa shape index (κ3) is 5.35. The molecule has 6 nitrogen and oxygen atoms in total. The molecule has 0 saturated carbocycles. The molecule has 4 atom stereocenters. The van der Waals surface area contributed by atoms with Crippen molar-refractivity contribution in [3.05, 3.63) is 28.8 Å². The molecule has 0 spiro atoms. The van der Waals surface area contributed by atoms with Crippen molar-refractivity contribution in [2.75, 3.05) is 44.8 Å². The van der Waals surface area contributed by atoms with E-state index in [4.69, 9.17) is 21.1 Å². The van der Waals surface area contributed by atoms with Crippen LogP contribution in [0.5, 0.6) is 0 Å². The highest BCUT2D eigenvalue weighted by Crippen LogP contribution is 2.36. The lowest BCUT2D eigenvalue weighted by Crippen LogP contribution is -2.51. The van der Waals surface area contributed by atoms with Gasteiger partial charge in [0, 0.05) is 50.1 Å². The van der Waals surface area contributed by atoms with Gasteiger partial charge in [0.15, 0.2) is 0 Å². The van der Waals surface area contributed by atoms with Gasteiger partial charge in [-0.3, -0.25) is 4.90 Å². The van der Waals surface area contributed by atoms with E-state index in [0.29, 0.717) is 17.9 Å². The maximum atomic E-state index is 12.5. The second-order valence-corrected chi connectivity index (χ2v) is 11.3. The van der Waals surface area contributed by atoms with Gasteiger partial charge in [-0.15, -0.1) is 0 Å². The van der Waals surface area contributed by atoms with Crippen molar-refractivity contribution in [3.8, 4) is 0 Å². The Hall–Kier alpha value is -1.50. The summed E-state index contributed by atoms with van der Waals surface area (Å²) in [7, 11) is 2.19. The molecule has 0 aliphatic carbocycles. The SMILES string of the molecule is C[C@@H]1C[C@H](N(C)Cc2ccc(Cl)c(N3CC4COCC4C3)c2)CCN1C(=O)OC(C)(C)C. The Balaban J connectivity index is 1.35. The maximum absolute atomic E-state index is 12.5. The number of anilines is 1. The van der Waals surface area contributed by atoms with Gasteiger partial charge in [-0.1, -0.05) is 17.7 Å². The van der Waals surface area contributed by atoms with E-state index < -0.39 is 5.60 Å². The summed E-state index contributed by atoms with van der Waals surface area (Å²) in [4.78, 5) is 19.3. The average Bonchev–Trinajstić information content (AvgIpc) is 3.30. The predicted octanol–water partition coefficient (Wildman–Crippen LogP) is 4.64. The minimum absolute atomic E-state index is 0.165. The Morgan fingerprint density at radius 1 is 1.25 bits per heavy atom. The van der Waals surface area contributed by atoms with E-state index in [9.17, 15) is 4.79 Å². The Morgan fingerprint density at radius 3 is 2.56 bits per heavy atom. The number of benzene rings is 1. The van der Waals surface area contributed by atoms with Crippen LogP contribution < -0.4 is 4.90 Å². The smallest absolute Gasteiger partial charge is 0.410 e. The van der Waals surface area contributed by atoms with Gasteiger partial charge in [0.25, 0.3) is 0 Å². The summed E-state index contributed by atoms with van der Waals surface area (Å²) in [6, 6.07) is 7.05. The monoisotopic (exact) mass is 463 g/mol. The highest BCUT2D eigenvalue weighted by atomic mass is 35.5. The summed E-state index contributed by atoms with van der Waals surface area (Å²) in [6.45, 7) is 13.3. The fourth-order valence-corrected chi connectivity index (χ4v) is 5.58. The van der Waals surface area contributed by atoms with Gasteiger partial charge in [-0.2, -0.15) is 0 Å². The molecule has 178 valence electrons. The lowest BCUT2D eigenvalue weighted by molar-refractivity contribution is 0.00278. The molecule has 2 unspecified atom stereocenters. The number of ether oxygens (including phenoxy) is 2. The van der Waals surface area contributed by atoms with Gasteiger partial charge < -0.3 is 19.3 Å². The molecular weight excluding hydrogens is 426 g/mol. The largest absolute Gasteiger partial charge is 0.444 e. The van der Waals surface area contributed by atoms with Crippen molar-refractivity contribution in [3.63, 3.8) is 0 Å². The first kappa shape index (κ1) is 23.7. The zero-order chi connectivity index (χ0) is 23.0. The number of nitrogens with zero attached hydrogens (tertiary/aromatic N) is 3. The van der Waals surface area contributed by atoms with Crippen molar-refractivity contribution in [2.45, 2.75) is 64.8 Å². The van der Waals surface area contributed by atoms with Crippen LogP contribution in [0.25, 0.3) is 0 Å². The van der Waals surface area contributed by atoms with E-state index in [-0.39, 0.29) is 12.1 Å². The molecule has 3 aliphatic rings. The molecule has 3 aliphatic heterocycles.